The average molecular weight is 178 g/mol. The van der Waals surface area contributed by atoms with E-state index < -0.39 is 0 Å². The van der Waals surface area contributed by atoms with E-state index >= 15 is 0 Å². The maximum absolute atomic E-state index is 5.12. The second kappa shape index (κ2) is 5.30. The first-order valence-corrected chi connectivity index (χ1v) is 4.43. The van der Waals surface area contributed by atoms with Crippen LogP contribution in [0.4, 0.5) is 0 Å². The lowest BCUT2D eigenvalue weighted by Gasteiger charge is -2.04. The van der Waals surface area contributed by atoms with Gasteiger partial charge in [-0.05, 0) is 25.5 Å². The third-order valence-corrected chi connectivity index (χ3v) is 1.69. The van der Waals surface area contributed by atoms with E-state index in [1.165, 1.54) is 0 Å². The van der Waals surface area contributed by atoms with Crippen LogP contribution in [0.15, 0.2) is 29.6 Å². The van der Waals surface area contributed by atoms with E-state index in [1.54, 1.807) is 12.4 Å². The summed E-state index contributed by atoms with van der Waals surface area (Å²) in [6.07, 6.45) is 4.47. The van der Waals surface area contributed by atoms with Crippen LogP contribution >= 0.6 is 0 Å². The number of hydrogen-bond acceptors (Lipinski definition) is 3. The summed E-state index contributed by atoms with van der Waals surface area (Å²) in [7, 11) is 0. The van der Waals surface area contributed by atoms with E-state index in [-0.39, 0.29) is 6.10 Å². The molecule has 0 bridgehead atoms. The quantitative estimate of drug-likeness (QED) is 0.523. The van der Waals surface area contributed by atoms with Crippen molar-refractivity contribution in [2.45, 2.75) is 26.4 Å². The third kappa shape index (κ3) is 3.69. The van der Waals surface area contributed by atoms with Gasteiger partial charge < -0.3 is 4.84 Å². The molecule has 1 aromatic rings. The molecule has 0 saturated carbocycles. The molecule has 0 aliphatic rings. The van der Waals surface area contributed by atoms with Crippen molar-refractivity contribution in [3.8, 4) is 0 Å². The van der Waals surface area contributed by atoms with Crippen molar-refractivity contribution >= 4 is 6.21 Å². The van der Waals surface area contributed by atoms with Gasteiger partial charge in [-0.15, -0.1) is 0 Å². The van der Waals surface area contributed by atoms with E-state index in [2.05, 4.69) is 17.1 Å². The lowest BCUT2D eigenvalue weighted by atomic mass is 10.3. The molecular weight excluding hydrogens is 164 g/mol. The molecule has 0 spiro atoms. The topological polar surface area (TPSA) is 34.5 Å². The highest BCUT2D eigenvalue weighted by Crippen LogP contribution is 1.96. The van der Waals surface area contributed by atoms with Gasteiger partial charge in [0.25, 0.3) is 0 Å². The number of hydrogen-bond donors (Lipinski definition) is 0. The monoisotopic (exact) mass is 178 g/mol. The highest BCUT2D eigenvalue weighted by Gasteiger charge is 1.94. The Morgan fingerprint density at radius 1 is 1.62 bits per heavy atom. The van der Waals surface area contributed by atoms with Crippen molar-refractivity contribution < 1.29 is 4.84 Å². The molecule has 0 aromatic carbocycles. The Kier molecular flexibility index (Phi) is 3.96. The molecule has 1 heterocycles. The van der Waals surface area contributed by atoms with Crippen LogP contribution in [0.25, 0.3) is 0 Å². The maximum Gasteiger partial charge on any atom is 0.124 e. The maximum atomic E-state index is 5.12. The molecule has 0 fully saturated rings. The fourth-order valence-electron chi connectivity index (χ4n) is 0.715. The Hall–Kier alpha value is -1.38. The van der Waals surface area contributed by atoms with E-state index in [0.717, 1.165) is 12.1 Å². The van der Waals surface area contributed by atoms with Gasteiger partial charge >= 0.3 is 0 Å². The van der Waals surface area contributed by atoms with Crippen molar-refractivity contribution in [2.24, 2.45) is 5.16 Å². The largest absolute Gasteiger partial charge is 0.393 e. The molecule has 0 amide bonds. The number of aromatic nitrogens is 1. The summed E-state index contributed by atoms with van der Waals surface area (Å²) in [4.78, 5) is 9.20. The first-order chi connectivity index (χ1) is 6.33. The highest BCUT2D eigenvalue weighted by atomic mass is 16.6. The molecule has 0 saturated heterocycles. The van der Waals surface area contributed by atoms with Crippen LogP contribution in [0, 0.1) is 0 Å². The minimum atomic E-state index is 0.167. The van der Waals surface area contributed by atoms with Gasteiger partial charge in [0.05, 0.1) is 11.9 Å². The number of pyridine rings is 1. The fourth-order valence-corrected chi connectivity index (χ4v) is 0.715. The summed E-state index contributed by atoms with van der Waals surface area (Å²) >= 11 is 0. The van der Waals surface area contributed by atoms with Gasteiger partial charge in [-0.25, -0.2) is 0 Å². The molecule has 0 aliphatic heterocycles. The summed E-state index contributed by atoms with van der Waals surface area (Å²) in [5.74, 6) is 0. The fraction of sp³-hybridized carbons (Fsp3) is 0.400. The van der Waals surface area contributed by atoms with E-state index in [4.69, 9.17) is 4.84 Å². The Bertz CT molecular complexity index is 259. The molecule has 13 heavy (non-hydrogen) atoms. The summed E-state index contributed by atoms with van der Waals surface area (Å²) in [5.41, 5.74) is 0.811. The van der Waals surface area contributed by atoms with Crippen LogP contribution in [0.3, 0.4) is 0 Å². The van der Waals surface area contributed by atoms with Crippen molar-refractivity contribution in [3.63, 3.8) is 0 Å². The van der Waals surface area contributed by atoms with Crippen LogP contribution in [-0.2, 0) is 4.84 Å². The van der Waals surface area contributed by atoms with Crippen molar-refractivity contribution in [2.75, 3.05) is 0 Å². The van der Waals surface area contributed by atoms with Gasteiger partial charge in [0.2, 0.25) is 0 Å². The first-order valence-electron chi connectivity index (χ1n) is 4.43. The molecule has 1 unspecified atom stereocenters. The Balaban J connectivity index is 2.41. The van der Waals surface area contributed by atoms with Crippen LogP contribution < -0.4 is 0 Å². The molecule has 3 nitrogen and oxygen atoms in total. The average Bonchev–Trinajstić information content (AvgIpc) is 2.19. The molecule has 0 aliphatic carbocycles. The number of rotatable bonds is 4. The predicted molar refractivity (Wildman–Crippen MR) is 52.7 cm³/mol. The molecular formula is C10H14N2O. The zero-order chi connectivity index (χ0) is 9.52. The number of nitrogens with zero attached hydrogens (tertiary/aromatic N) is 2. The number of oxime groups is 1. The summed E-state index contributed by atoms with van der Waals surface area (Å²) in [6, 6.07) is 5.66. The molecule has 3 heteroatoms. The van der Waals surface area contributed by atoms with Gasteiger partial charge in [-0.1, -0.05) is 18.1 Å². The zero-order valence-corrected chi connectivity index (χ0v) is 7.97. The SMILES string of the molecule is CCC(C)O/N=C/c1ccccn1. The Labute approximate surface area is 78.4 Å². The Morgan fingerprint density at radius 2 is 2.46 bits per heavy atom. The van der Waals surface area contributed by atoms with E-state index in [0.29, 0.717) is 0 Å². The lowest BCUT2D eigenvalue weighted by Crippen LogP contribution is -2.01. The van der Waals surface area contributed by atoms with Crippen molar-refractivity contribution in [1.29, 1.82) is 0 Å². The van der Waals surface area contributed by atoms with E-state index in [9.17, 15) is 0 Å². The molecule has 1 atom stereocenters. The summed E-state index contributed by atoms with van der Waals surface area (Å²) in [5, 5.41) is 3.82. The standard InChI is InChI=1S/C10H14N2O/c1-3-9(2)13-12-8-10-6-4-5-7-11-10/h4-9H,3H2,1-2H3/b12-8+. The van der Waals surface area contributed by atoms with Gasteiger partial charge in [-0.2, -0.15) is 0 Å². The van der Waals surface area contributed by atoms with Gasteiger partial charge in [-0.3, -0.25) is 4.98 Å². The smallest absolute Gasteiger partial charge is 0.124 e. The van der Waals surface area contributed by atoms with Crippen LogP contribution in [0.2, 0.25) is 0 Å². The van der Waals surface area contributed by atoms with E-state index in [1.807, 2.05) is 25.1 Å². The van der Waals surface area contributed by atoms with Crippen LogP contribution in [0.5, 0.6) is 0 Å². The second-order valence-electron chi connectivity index (χ2n) is 2.81. The lowest BCUT2D eigenvalue weighted by molar-refractivity contribution is 0.0712. The van der Waals surface area contributed by atoms with Crippen LogP contribution in [0.1, 0.15) is 26.0 Å². The highest BCUT2D eigenvalue weighted by molar-refractivity contribution is 5.76. The molecule has 0 N–H and O–H groups in total. The molecule has 1 aromatic heterocycles. The van der Waals surface area contributed by atoms with Gasteiger partial charge in [0.15, 0.2) is 0 Å². The van der Waals surface area contributed by atoms with Gasteiger partial charge in [0, 0.05) is 6.20 Å². The summed E-state index contributed by atoms with van der Waals surface area (Å²) in [6.45, 7) is 4.04. The first kappa shape index (κ1) is 9.71. The zero-order valence-electron chi connectivity index (χ0n) is 7.97. The molecule has 0 radical (unpaired) electrons. The van der Waals surface area contributed by atoms with Gasteiger partial charge in [0.1, 0.15) is 6.10 Å². The second-order valence-corrected chi connectivity index (χ2v) is 2.81. The predicted octanol–water partition coefficient (Wildman–Crippen LogP) is 2.23. The minimum Gasteiger partial charge on any atom is -0.393 e. The normalized spacial score (nSPS) is 13.1. The Morgan fingerprint density at radius 3 is 3.08 bits per heavy atom. The molecule has 70 valence electrons. The minimum absolute atomic E-state index is 0.167. The third-order valence-electron chi connectivity index (χ3n) is 1.69. The molecule has 1 rings (SSSR count). The van der Waals surface area contributed by atoms with Crippen molar-refractivity contribution in [1.82, 2.24) is 4.98 Å². The summed E-state index contributed by atoms with van der Waals surface area (Å²) < 4.78 is 0. The van der Waals surface area contributed by atoms with Crippen molar-refractivity contribution in [3.05, 3.63) is 30.1 Å². The van der Waals surface area contributed by atoms with Crippen LogP contribution in [-0.4, -0.2) is 17.3 Å².